The van der Waals surface area contributed by atoms with Gasteiger partial charge in [-0.1, -0.05) is 29.3 Å². The third-order valence-electron chi connectivity index (χ3n) is 3.84. The molecule has 146 valence electrons. The number of hydrogen-bond acceptors (Lipinski definition) is 6. The molecule has 1 aromatic rings. The van der Waals surface area contributed by atoms with Gasteiger partial charge in [0, 0.05) is 18.5 Å². The van der Waals surface area contributed by atoms with E-state index in [-0.39, 0.29) is 47.7 Å². The summed E-state index contributed by atoms with van der Waals surface area (Å²) in [5.74, 6) is -0.682. The molecule has 0 bridgehead atoms. The van der Waals surface area contributed by atoms with E-state index in [4.69, 9.17) is 27.9 Å². The Bertz CT molecular complexity index is 901. The largest absolute Gasteiger partial charge is 0.379 e. The van der Waals surface area contributed by atoms with Crippen molar-refractivity contribution in [1.82, 2.24) is 9.62 Å². The maximum Gasteiger partial charge on any atom is 0.323 e. The van der Waals surface area contributed by atoms with Crippen molar-refractivity contribution in [3.8, 4) is 0 Å². The normalized spacial score (nSPS) is 21.0. The molecule has 3 rings (SSSR count). The van der Waals surface area contributed by atoms with Gasteiger partial charge in [-0.3, -0.25) is 4.79 Å². The first-order chi connectivity index (χ1) is 12.8. The molecule has 0 spiro atoms. The quantitative estimate of drug-likeness (QED) is 0.727. The number of nitrogens with zero attached hydrogens (tertiary/aromatic N) is 1. The molecule has 0 aromatic heterocycles. The van der Waals surface area contributed by atoms with E-state index in [1.165, 1.54) is 9.71 Å². The van der Waals surface area contributed by atoms with E-state index in [0.717, 1.165) is 11.8 Å². The summed E-state index contributed by atoms with van der Waals surface area (Å²) in [5, 5.41) is 6.57. The highest BCUT2D eigenvalue weighted by Gasteiger charge is 2.43. The zero-order valence-electron chi connectivity index (χ0n) is 13.8. The number of carbonyl (C=O) groups excluding carboxylic acids is 2. The van der Waals surface area contributed by atoms with Crippen LogP contribution in [0.3, 0.4) is 0 Å². The van der Waals surface area contributed by atoms with Gasteiger partial charge in [0.15, 0.2) is 4.58 Å². The van der Waals surface area contributed by atoms with Gasteiger partial charge in [0.1, 0.15) is 0 Å². The lowest BCUT2D eigenvalue weighted by Gasteiger charge is -2.27. The van der Waals surface area contributed by atoms with Gasteiger partial charge in [-0.15, -0.1) is 11.8 Å². The van der Waals surface area contributed by atoms with Crippen LogP contribution < -0.4 is 10.6 Å². The molecule has 1 atom stereocenters. The average molecular weight is 452 g/mol. The van der Waals surface area contributed by atoms with Crippen molar-refractivity contribution in [3.63, 3.8) is 0 Å². The maximum absolute atomic E-state index is 12.6. The Morgan fingerprint density at radius 1 is 1.22 bits per heavy atom. The van der Waals surface area contributed by atoms with E-state index in [9.17, 15) is 18.0 Å². The summed E-state index contributed by atoms with van der Waals surface area (Å²) < 4.78 is 30.3. The summed E-state index contributed by atoms with van der Waals surface area (Å²) in [4.78, 5) is 24.6. The minimum absolute atomic E-state index is 0.0996. The monoisotopic (exact) mass is 451 g/mol. The lowest BCUT2D eigenvalue weighted by molar-refractivity contribution is -0.114. The number of carbonyl (C=O) groups is 2. The summed E-state index contributed by atoms with van der Waals surface area (Å²) >= 11 is 12.7. The molecule has 2 aliphatic rings. The number of anilines is 1. The maximum atomic E-state index is 12.6. The fraction of sp³-hybridized carbons (Fsp3) is 0.333. The molecule has 2 amide bonds. The fourth-order valence-electron chi connectivity index (χ4n) is 2.49. The molecular weight excluding hydrogens is 437 g/mol. The van der Waals surface area contributed by atoms with Crippen LogP contribution in [0.2, 0.25) is 10.0 Å². The summed E-state index contributed by atoms with van der Waals surface area (Å²) in [5.41, 5.74) is 0.162. The second-order valence-corrected chi connectivity index (χ2v) is 9.68. The molecule has 1 aromatic carbocycles. The SMILES string of the molecule is O=C(NC1=CSC(S(=O)(=O)N2CCOCC2)C1=O)Nc1cccc(Cl)c1Cl. The number of sulfonamides is 1. The van der Waals surface area contributed by atoms with E-state index in [0.29, 0.717) is 0 Å². The number of nitrogens with one attached hydrogen (secondary N) is 2. The first kappa shape index (κ1) is 20.4. The number of ketones is 1. The minimum Gasteiger partial charge on any atom is -0.379 e. The Labute approximate surface area is 170 Å². The third kappa shape index (κ3) is 4.41. The summed E-state index contributed by atoms with van der Waals surface area (Å²) in [6.07, 6.45) is 0. The smallest absolute Gasteiger partial charge is 0.323 e. The molecule has 1 fully saturated rings. The van der Waals surface area contributed by atoms with Crippen LogP contribution in [0, 0.1) is 0 Å². The van der Waals surface area contributed by atoms with Gasteiger partial charge >= 0.3 is 6.03 Å². The second kappa shape index (κ2) is 8.38. The molecule has 8 nitrogen and oxygen atoms in total. The average Bonchev–Trinajstić information content (AvgIpc) is 3.01. The van der Waals surface area contributed by atoms with E-state index in [2.05, 4.69) is 10.6 Å². The van der Waals surface area contributed by atoms with Gasteiger partial charge in [-0.25, -0.2) is 13.2 Å². The lowest BCUT2D eigenvalue weighted by atomic mass is 10.3. The van der Waals surface area contributed by atoms with Crippen LogP contribution >= 0.6 is 35.0 Å². The molecule has 1 saturated heterocycles. The van der Waals surface area contributed by atoms with E-state index in [1.54, 1.807) is 18.2 Å². The molecular formula is C15H15Cl2N3O5S2. The third-order valence-corrected chi connectivity index (χ3v) is 8.39. The van der Waals surface area contributed by atoms with Gasteiger partial charge in [0.05, 0.1) is 34.6 Å². The number of ether oxygens (including phenoxy) is 1. The summed E-state index contributed by atoms with van der Waals surface area (Å²) in [6, 6.07) is 3.97. The van der Waals surface area contributed by atoms with E-state index >= 15 is 0 Å². The van der Waals surface area contributed by atoms with Crippen molar-refractivity contribution in [2.24, 2.45) is 0 Å². The van der Waals surface area contributed by atoms with Crippen molar-refractivity contribution in [2.75, 3.05) is 31.6 Å². The van der Waals surface area contributed by atoms with Crippen LogP contribution in [-0.4, -0.2) is 55.4 Å². The molecule has 27 heavy (non-hydrogen) atoms. The number of urea groups is 1. The van der Waals surface area contributed by atoms with E-state index in [1.807, 2.05) is 0 Å². The molecule has 2 heterocycles. The minimum atomic E-state index is -3.85. The predicted molar refractivity (Wildman–Crippen MR) is 104 cm³/mol. The first-order valence-corrected chi connectivity index (χ1v) is 11.0. The van der Waals surface area contributed by atoms with Gasteiger partial charge in [0.2, 0.25) is 15.8 Å². The zero-order chi connectivity index (χ0) is 19.6. The van der Waals surface area contributed by atoms with Crippen LogP contribution in [0.15, 0.2) is 29.3 Å². The molecule has 12 heteroatoms. The van der Waals surface area contributed by atoms with Crippen molar-refractivity contribution in [3.05, 3.63) is 39.3 Å². The Balaban J connectivity index is 1.64. The number of hydrogen-bond donors (Lipinski definition) is 2. The number of halogens is 2. The highest BCUT2D eigenvalue weighted by atomic mass is 35.5. The first-order valence-electron chi connectivity index (χ1n) is 7.79. The highest BCUT2D eigenvalue weighted by molar-refractivity contribution is 8.16. The Morgan fingerprint density at radius 2 is 1.93 bits per heavy atom. The van der Waals surface area contributed by atoms with Gasteiger partial charge in [0.25, 0.3) is 0 Å². The number of allylic oxidation sites excluding steroid dienone is 1. The molecule has 0 aliphatic carbocycles. The number of Topliss-reactive ketones (excluding diaryl/α,β-unsaturated/α-hetero) is 1. The number of thioether (sulfide) groups is 1. The topological polar surface area (TPSA) is 105 Å². The standard InChI is InChI=1S/C15H15Cl2N3O5S2/c16-9-2-1-3-10(12(9)17)18-15(22)19-11-8-26-14(13(11)21)27(23,24)20-4-6-25-7-5-20/h1-3,8,14H,4-7H2,(H2,18,19,22). The summed E-state index contributed by atoms with van der Waals surface area (Å²) in [7, 11) is -3.85. The molecule has 2 N–H and O–H groups in total. The predicted octanol–water partition coefficient (Wildman–Crippen LogP) is 2.26. The van der Waals surface area contributed by atoms with Gasteiger partial charge < -0.3 is 15.4 Å². The van der Waals surface area contributed by atoms with Crippen LogP contribution in [0.1, 0.15) is 0 Å². The second-order valence-electron chi connectivity index (χ2n) is 5.60. The Hall–Kier alpha value is -1.30. The van der Waals surface area contributed by atoms with Crippen LogP contribution in [0.4, 0.5) is 10.5 Å². The van der Waals surface area contributed by atoms with E-state index < -0.39 is 26.4 Å². The molecule has 0 saturated carbocycles. The number of morpholine rings is 1. The van der Waals surface area contributed by atoms with Crippen molar-refractivity contribution in [1.29, 1.82) is 0 Å². The Morgan fingerprint density at radius 3 is 2.63 bits per heavy atom. The summed E-state index contributed by atoms with van der Waals surface area (Å²) in [6.45, 7) is 0.963. The van der Waals surface area contributed by atoms with Crippen LogP contribution in [-0.2, 0) is 19.6 Å². The van der Waals surface area contributed by atoms with Crippen molar-refractivity contribution in [2.45, 2.75) is 4.58 Å². The number of benzene rings is 1. The van der Waals surface area contributed by atoms with Crippen molar-refractivity contribution >= 4 is 62.5 Å². The Kier molecular flexibility index (Phi) is 6.34. The van der Waals surface area contributed by atoms with Gasteiger partial charge in [-0.05, 0) is 12.1 Å². The molecule has 0 radical (unpaired) electrons. The molecule has 1 unspecified atom stereocenters. The van der Waals surface area contributed by atoms with Crippen LogP contribution in [0.25, 0.3) is 0 Å². The van der Waals surface area contributed by atoms with Crippen LogP contribution in [0.5, 0.6) is 0 Å². The zero-order valence-corrected chi connectivity index (χ0v) is 16.9. The lowest BCUT2D eigenvalue weighted by Crippen LogP contribution is -2.46. The van der Waals surface area contributed by atoms with Crippen molar-refractivity contribution < 1.29 is 22.7 Å². The highest BCUT2D eigenvalue weighted by Crippen LogP contribution is 2.32. The number of amides is 2. The molecule has 2 aliphatic heterocycles. The number of rotatable bonds is 4. The van der Waals surface area contributed by atoms with Gasteiger partial charge in [-0.2, -0.15) is 4.31 Å². The fourth-order valence-corrected chi connectivity index (χ4v) is 5.94.